The van der Waals surface area contributed by atoms with E-state index < -0.39 is 5.54 Å². The molecule has 2 fully saturated rings. The van der Waals surface area contributed by atoms with Crippen LogP contribution in [0.2, 0.25) is 0 Å². The number of nitrogens with two attached hydrogens (primary N) is 1. The second kappa shape index (κ2) is 7.56. The number of pyridine rings is 1. The third-order valence-corrected chi connectivity index (χ3v) is 5.49. The van der Waals surface area contributed by atoms with Gasteiger partial charge < -0.3 is 15.8 Å². The lowest BCUT2D eigenvalue weighted by Crippen LogP contribution is -2.82. The number of aryl methyl sites for hydroxylation is 1. The Labute approximate surface area is 155 Å². The van der Waals surface area contributed by atoms with Crippen LogP contribution in [0.25, 0.3) is 0 Å². The Kier molecular flexibility index (Phi) is 6.67. The van der Waals surface area contributed by atoms with E-state index in [2.05, 4.69) is 10.3 Å². The summed E-state index contributed by atoms with van der Waals surface area (Å²) in [7, 11) is 0. The first-order valence-electron chi connectivity index (χ1n) is 7.97. The van der Waals surface area contributed by atoms with Gasteiger partial charge in [-0.25, -0.2) is 0 Å². The third-order valence-electron chi connectivity index (χ3n) is 5.49. The third kappa shape index (κ3) is 3.15. The molecule has 0 radical (unpaired) electrons. The maximum atomic E-state index is 12.7. The molecule has 2 heterocycles. The van der Waals surface area contributed by atoms with Gasteiger partial charge in [-0.15, -0.1) is 24.8 Å². The number of nitrogens with one attached hydrogen (secondary N) is 1. The molecule has 1 aliphatic heterocycles. The molecule has 1 amide bonds. The highest BCUT2D eigenvalue weighted by atomic mass is 35.5. The summed E-state index contributed by atoms with van der Waals surface area (Å²) < 4.78 is 5.84. The minimum absolute atomic E-state index is 0. The summed E-state index contributed by atoms with van der Waals surface area (Å²) in [6.45, 7) is 7.24. The number of hydrogen-bond donors (Lipinski definition) is 2. The molecular weight excluding hydrogens is 349 g/mol. The molecule has 1 aliphatic carbocycles. The van der Waals surface area contributed by atoms with Crippen molar-refractivity contribution in [1.29, 1.82) is 0 Å². The molecule has 2 aliphatic rings. The number of hydrogen-bond acceptors (Lipinski definition) is 4. The van der Waals surface area contributed by atoms with E-state index in [0.29, 0.717) is 6.54 Å². The lowest BCUT2D eigenvalue weighted by Gasteiger charge is -2.65. The summed E-state index contributed by atoms with van der Waals surface area (Å²) in [6, 6.07) is 3.92. The minimum atomic E-state index is -0.851. The van der Waals surface area contributed by atoms with Crippen molar-refractivity contribution in [3.05, 3.63) is 29.6 Å². The summed E-state index contributed by atoms with van der Waals surface area (Å²) in [5.74, 6) is 0.0391. The summed E-state index contributed by atoms with van der Waals surface area (Å²) in [5.41, 5.74) is 7.32. The molecule has 5 nitrogen and oxygen atoms in total. The summed E-state index contributed by atoms with van der Waals surface area (Å²) >= 11 is 0. The van der Waals surface area contributed by atoms with Crippen molar-refractivity contribution in [1.82, 2.24) is 10.3 Å². The molecular formula is C17H27Cl2N3O2. The zero-order chi connectivity index (χ0) is 16.0. The van der Waals surface area contributed by atoms with Crippen LogP contribution in [-0.4, -0.2) is 29.1 Å². The molecule has 1 aromatic rings. The van der Waals surface area contributed by atoms with E-state index in [0.717, 1.165) is 30.7 Å². The van der Waals surface area contributed by atoms with Gasteiger partial charge in [0.2, 0.25) is 5.91 Å². The first-order valence-corrected chi connectivity index (χ1v) is 7.97. The van der Waals surface area contributed by atoms with Crippen LogP contribution in [0.1, 0.15) is 37.9 Å². The Balaban J connectivity index is 0.00000144. The average molecular weight is 376 g/mol. The quantitative estimate of drug-likeness (QED) is 0.849. The Hall–Kier alpha value is -0.880. The van der Waals surface area contributed by atoms with E-state index in [1.54, 1.807) is 6.20 Å². The SMILES string of the molecule is Cc1ccc(CNC(=O)C2(N)C3CCCOC3C2(C)C)cn1.Cl.Cl. The van der Waals surface area contributed by atoms with Crippen LogP contribution in [-0.2, 0) is 16.1 Å². The fraction of sp³-hybridized carbons (Fsp3) is 0.647. The summed E-state index contributed by atoms with van der Waals surface area (Å²) in [6.07, 6.45) is 3.82. The molecule has 3 unspecified atom stereocenters. The number of nitrogens with zero attached hydrogens (tertiary/aromatic N) is 1. The highest BCUT2D eigenvalue weighted by Crippen LogP contribution is 2.57. The van der Waals surface area contributed by atoms with Crippen LogP contribution in [0.15, 0.2) is 18.3 Å². The molecule has 0 spiro atoms. The van der Waals surface area contributed by atoms with Crippen molar-refractivity contribution in [2.24, 2.45) is 17.1 Å². The Morgan fingerprint density at radius 2 is 2.12 bits per heavy atom. The van der Waals surface area contributed by atoms with Crippen LogP contribution in [0.3, 0.4) is 0 Å². The van der Waals surface area contributed by atoms with Gasteiger partial charge in [-0.3, -0.25) is 9.78 Å². The number of halogens is 2. The van der Waals surface area contributed by atoms with Crippen molar-refractivity contribution >= 4 is 30.7 Å². The highest BCUT2D eigenvalue weighted by Gasteiger charge is 2.70. The molecule has 3 N–H and O–H groups in total. The Bertz CT molecular complexity index is 580. The van der Waals surface area contributed by atoms with E-state index in [1.165, 1.54) is 0 Å². The van der Waals surface area contributed by atoms with Gasteiger partial charge in [0.05, 0.1) is 6.10 Å². The van der Waals surface area contributed by atoms with Crippen LogP contribution in [0, 0.1) is 18.3 Å². The predicted octanol–water partition coefficient (Wildman–Crippen LogP) is 2.38. The fourth-order valence-electron chi connectivity index (χ4n) is 3.97. The number of carbonyl (C=O) groups is 1. The minimum Gasteiger partial charge on any atom is -0.377 e. The number of fused-ring (bicyclic) bond motifs is 1. The number of ether oxygens (including phenoxy) is 1. The first-order chi connectivity index (χ1) is 10.4. The molecule has 0 bridgehead atoms. The zero-order valence-corrected chi connectivity index (χ0v) is 16.0. The molecule has 24 heavy (non-hydrogen) atoms. The van der Waals surface area contributed by atoms with Crippen molar-refractivity contribution in [2.45, 2.75) is 51.8 Å². The van der Waals surface area contributed by atoms with E-state index in [1.807, 2.05) is 32.9 Å². The summed E-state index contributed by atoms with van der Waals surface area (Å²) in [5, 5.41) is 2.99. The molecule has 0 aromatic carbocycles. The molecule has 136 valence electrons. The van der Waals surface area contributed by atoms with E-state index in [9.17, 15) is 4.79 Å². The second-order valence-electron chi connectivity index (χ2n) is 7.12. The Morgan fingerprint density at radius 1 is 1.42 bits per heavy atom. The van der Waals surface area contributed by atoms with Gasteiger partial charge >= 0.3 is 0 Å². The van der Waals surface area contributed by atoms with Crippen LogP contribution in [0.4, 0.5) is 0 Å². The smallest absolute Gasteiger partial charge is 0.241 e. The lowest BCUT2D eigenvalue weighted by molar-refractivity contribution is -0.225. The van der Waals surface area contributed by atoms with Gasteiger partial charge in [0.15, 0.2) is 0 Å². The molecule has 3 atom stereocenters. The normalized spacial score (nSPS) is 30.0. The number of amides is 1. The fourth-order valence-corrected chi connectivity index (χ4v) is 3.97. The van der Waals surface area contributed by atoms with Crippen LogP contribution in [0.5, 0.6) is 0 Å². The molecule has 1 aromatic heterocycles. The first kappa shape index (κ1) is 21.2. The second-order valence-corrected chi connectivity index (χ2v) is 7.12. The maximum absolute atomic E-state index is 12.7. The Morgan fingerprint density at radius 3 is 2.75 bits per heavy atom. The zero-order valence-electron chi connectivity index (χ0n) is 14.4. The van der Waals surface area contributed by atoms with Gasteiger partial charge in [-0.2, -0.15) is 0 Å². The van der Waals surface area contributed by atoms with Crippen molar-refractivity contribution < 1.29 is 9.53 Å². The van der Waals surface area contributed by atoms with Gasteiger partial charge in [0, 0.05) is 36.4 Å². The molecule has 1 saturated carbocycles. The van der Waals surface area contributed by atoms with Crippen molar-refractivity contribution in [3.8, 4) is 0 Å². The largest absolute Gasteiger partial charge is 0.377 e. The average Bonchev–Trinajstić information content (AvgIpc) is 2.53. The molecule has 7 heteroatoms. The predicted molar refractivity (Wildman–Crippen MR) is 98.5 cm³/mol. The highest BCUT2D eigenvalue weighted by molar-refractivity contribution is 5.89. The lowest BCUT2D eigenvalue weighted by atomic mass is 9.46. The number of rotatable bonds is 3. The standard InChI is InChI=1S/C17H25N3O2.2ClH/c1-11-6-7-12(9-19-11)10-20-15(21)17(18)13-5-4-8-22-14(13)16(17,2)3;;/h6-7,9,13-14H,4-5,8,10,18H2,1-3H3,(H,20,21);2*1H. The van der Waals surface area contributed by atoms with E-state index >= 15 is 0 Å². The monoisotopic (exact) mass is 375 g/mol. The topological polar surface area (TPSA) is 77.2 Å². The number of carbonyl (C=O) groups excluding carboxylic acids is 1. The van der Waals surface area contributed by atoms with Gasteiger partial charge in [-0.05, 0) is 31.4 Å². The summed E-state index contributed by atoms with van der Waals surface area (Å²) in [4.78, 5) is 17.0. The molecule has 3 rings (SSSR count). The number of aromatic nitrogens is 1. The van der Waals surface area contributed by atoms with Gasteiger partial charge in [0.25, 0.3) is 0 Å². The van der Waals surface area contributed by atoms with E-state index in [4.69, 9.17) is 10.5 Å². The van der Waals surface area contributed by atoms with Gasteiger partial charge in [-0.1, -0.05) is 19.9 Å². The van der Waals surface area contributed by atoms with Gasteiger partial charge in [0.1, 0.15) is 5.54 Å². The van der Waals surface area contributed by atoms with Crippen LogP contribution >= 0.6 is 24.8 Å². The van der Waals surface area contributed by atoms with E-state index in [-0.39, 0.29) is 48.2 Å². The van der Waals surface area contributed by atoms with Crippen LogP contribution < -0.4 is 11.1 Å². The van der Waals surface area contributed by atoms with Crippen molar-refractivity contribution in [2.75, 3.05) is 6.61 Å². The maximum Gasteiger partial charge on any atom is 0.241 e. The van der Waals surface area contributed by atoms with Crippen molar-refractivity contribution in [3.63, 3.8) is 0 Å². The molecule has 1 saturated heterocycles.